The second kappa shape index (κ2) is 4.50. The number of piperidine rings is 1. The Morgan fingerprint density at radius 2 is 2.00 bits per heavy atom. The fourth-order valence-electron chi connectivity index (χ4n) is 1.71. The molecule has 0 aromatic heterocycles. The van der Waals surface area contributed by atoms with E-state index in [1.54, 1.807) is 20.8 Å². The number of carboxylic acid groups (broad SMARTS) is 1. The fraction of sp³-hybridized carbons (Fsp3) is 0.818. The van der Waals surface area contributed by atoms with Crippen LogP contribution in [-0.2, 0) is 9.53 Å². The van der Waals surface area contributed by atoms with Crippen molar-refractivity contribution in [1.82, 2.24) is 4.90 Å². The molecule has 0 saturated carbocycles. The summed E-state index contributed by atoms with van der Waals surface area (Å²) in [7, 11) is 0. The summed E-state index contributed by atoms with van der Waals surface area (Å²) in [5, 5.41) is 8.79. The maximum absolute atomic E-state index is 14.3. The van der Waals surface area contributed by atoms with Crippen LogP contribution in [0, 0.1) is 0 Å². The molecule has 0 radical (unpaired) electrons. The third kappa shape index (κ3) is 3.57. The molecule has 1 amide bonds. The Morgan fingerprint density at radius 1 is 1.41 bits per heavy atom. The Kier molecular flexibility index (Phi) is 3.64. The van der Waals surface area contributed by atoms with E-state index < -0.39 is 29.9 Å². The lowest BCUT2D eigenvalue weighted by molar-refractivity contribution is -0.172. The Bertz CT molecular complexity index is 326. The van der Waals surface area contributed by atoms with E-state index in [9.17, 15) is 14.0 Å². The first-order valence-electron chi connectivity index (χ1n) is 5.54. The van der Waals surface area contributed by atoms with Crippen molar-refractivity contribution in [3.05, 3.63) is 0 Å². The number of hydrogen-bond acceptors (Lipinski definition) is 3. The van der Waals surface area contributed by atoms with Gasteiger partial charge in [-0.3, -0.25) is 0 Å². The van der Waals surface area contributed by atoms with Crippen LogP contribution in [0.15, 0.2) is 0 Å². The molecular weight excluding hydrogens is 229 g/mol. The molecule has 1 saturated heterocycles. The molecule has 6 heteroatoms. The van der Waals surface area contributed by atoms with E-state index >= 15 is 0 Å². The first-order valence-corrected chi connectivity index (χ1v) is 5.54. The van der Waals surface area contributed by atoms with Crippen LogP contribution in [0.3, 0.4) is 0 Å². The molecule has 0 aromatic carbocycles. The Morgan fingerprint density at radius 3 is 2.47 bits per heavy atom. The van der Waals surface area contributed by atoms with E-state index in [-0.39, 0.29) is 13.0 Å². The molecule has 0 aliphatic carbocycles. The number of likely N-dealkylation sites (tertiary alicyclic amines) is 1. The average Bonchev–Trinajstić information content (AvgIpc) is 2.15. The summed E-state index contributed by atoms with van der Waals surface area (Å²) in [5.41, 5.74) is -2.99. The van der Waals surface area contributed by atoms with Gasteiger partial charge in [0.1, 0.15) is 5.60 Å². The van der Waals surface area contributed by atoms with Crippen molar-refractivity contribution in [3.63, 3.8) is 0 Å². The van der Waals surface area contributed by atoms with Crippen molar-refractivity contribution in [2.75, 3.05) is 13.1 Å². The van der Waals surface area contributed by atoms with Gasteiger partial charge in [0.15, 0.2) is 0 Å². The van der Waals surface area contributed by atoms with Crippen LogP contribution in [0.5, 0.6) is 0 Å². The topological polar surface area (TPSA) is 66.8 Å². The highest BCUT2D eigenvalue weighted by atomic mass is 19.1. The lowest BCUT2D eigenvalue weighted by Gasteiger charge is -2.35. The molecule has 1 N–H and O–H groups in total. The molecule has 5 nitrogen and oxygen atoms in total. The molecule has 1 atom stereocenters. The predicted molar refractivity (Wildman–Crippen MR) is 58.5 cm³/mol. The lowest BCUT2D eigenvalue weighted by atomic mass is 9.95. The number of esters is 1. The Balaban J connectivity index is 2.73. The number of amides is 1. The van der Waals surface area contributed by atoms with Crippen molar-refractivity contribution in [3.8, 4) is 0 Å². The minimum absolute atomic E-state index is 0.00565. The van der Waals surface area contributed by atoms with Crippen LogP contribution in [0.25, 0.3) is 0 Å². The first-order chi connectivity index (χ1) is 7.64. The number of hydrogen-bond donors (Lipinski definition) is 1. The predicted octanol–water partition coefficient (Wildman–Crippen LogP) is 1.81. The quantitative estimate of drug-likeness (QED) is 0.717. The molecule has 1 fully saturated rings. The molecule has 98 valence electrons. The van der Waals surface area contributed by atoms with Gasteiger partial charge in [-0.1, -0.05) is 0 Å². The summed E-state index contributed by atoms with van der Waals surface area (Å²) in [6.07, 6.45) is -0.886. The van der Waals surface area contributed by atoms with Gasteiger partial charge in [-0.2, -0.15) is 0 Å². The van der Waals surface area contributed by atoms with Crippen LogP contribution in [0.4, 0.5) is 9.18 Å². The summed E-state index contributed by atoms with van der Waals surface area (Å²) in [5.74, 6) is -0.976. The van der Waals surface area contributed by atoms with E-state index in [1.165, 1.54) is 0 Å². The number of carbonyl (C=O) groups excluding carboxylic acids is 1. The SMILES string of the molecule is CC(C)(C)OC(=O)C1(F)CCCN(C(=O)O)C1. The van der Waals surface area contributed by atoms with Gasteiger partial charge >= 0.3 is 12.1 Å². The second-order valence-corrected chi connectivity index (χ2v) is 5.27. The number of carbonyl (C=O) groups is 2. The molecular formula is C11H18FNO4. The van der Waals surface area contributed by atoms with Crippen LogP contribution < -0.4 is 0 Å². The highest BCUT2D eigenvalue weighted by Crippen LogP contribution is 2.28. The minimum atomic E-state index is -2.22. The Hall–Kier alpha value is -1.33. The van der Waals surface area contributed by atoms with Gasteiger partial charge in [0.2, 0.25) is 5.67 Å². The van der Waals surface area contributed by atoms with Gasteiger partial charge in [0.05, 0.1) is 6.54 Å². The molecule has 0 bridgehead atoms. The van der Waals surface area contributed by atoms with Crippen LogP contribution in [-0.4, -0.2) is 46.4 Å². The maximum Gasteiger partial charge on any atom is 0.407 e. The van der Waals surface area contributed by atoms with Crippen LogP contribution in [0.1, 0.15) is 33.6 Å². The fourth-order valence-corrected chi connectivity index (χ4v) is 1.71. The zero-order valence-electron chi connectivity index (χ0n) is 10.3. The van der Waals surface area contributed by atoms with Crippen LogP contribution >= 0.6 is 0 Å². The number of ether oxygens (including phenoxy) is 1. The van der Waals surface area contributed by atoms with Gasteiger partial charge < -0.3 is 14.7 Å². The molecule has 1 unspecified atom stereocenters. The highest BCUT2D eigenvalue weighted by Gasteiger charge is 2.46. The van der Waals surface area contributed by atoms with E-state index in [0.29, 0.717) is 6.42 Å². The van der Waals surface area contributed by atoms with Gasteiger partial charge in [-0.25, -0.2) is 14.0 Å². The third-order valence-corrected chi connectivity index (χ3v) is 2.48. The summed E-state index contributed by atoms with van der Waals surface area (Å²) in [4.78, 5) is 23.4. The number of halogens is 1. The van der Waals surface area contributed by atoms with E-state index in [4.69, 9.17) is 9.84 Å². The zero-order chi connectivity index (χ0) is 13.3. The monoisotopic (exact) mass is 247 g/mol. The van der Waals surface area contributed by atoms with Crippen molar-refractivity contribution >= 4 is 12.1 Å². The summed E-state index contributed by atoms with van der Waals surface area (Å²) < 4.78 is 19.3. The van der Waals surface area contributed by atoms with Crippen molar-refractivity contribution < 1.29 is 23.8 Å². The standard InChI is InChI=1S/C11H18FNO4/c1-10(2,3)17-8(14)11(12)5-4-6-13(7-11)9(15)16/h4-7H2,1-3H3,(H,15,16). The van der Waals surface area contributed by atoms with Gasteiger partial charge in [0, 0.05) is 6.54 Å². The molecule has 1 aliphatic rings. The summed E-state index contributed by atoms with van der Waals surface area (Å²) in [6, 6.07) is 0. The number of nitrogens with zero attached hydrogens (tertiary/aromatic N) is 1. The van der Waals surface area contributed by atoms with Gasteiger partial charge in [-0.05, 0) is 33.6 Å². The first kappa shape index (κ1) is 13.7. The average molecular weight is 247 g/mol. The summed E-state index contributed by atoms with van der Waals surface area (Å²) >= 11 is 0. The normalized spacial score (nSPS) is 25.5. The number of rotatable bonds is 1. The highest BCUT2D eigenvalue weighted by molar-refractivity contribution is 5.81. The van der Waals surface area contributed by atoms with Crippen molar-refractivity contribution in [1.29, 1.82) is 0 Å². The lowest BCUT2D eigenvalue weighted by Crippen LogP contribution is -2.53. The molecule has 0 spiro atoms. The van der Waals surface area contributed by atoms with E-state index in [1.807, 2.05) is 0 Å². The van der Waals surface area contributed by atoms with Crippen molar-refractivity contribution in [2.24, 2.45) is 0 Å². The minimum Gasteiger partial charge on any atom is -0.465 e. The Labute approximate surface area is 99.5 Å². The largest absolute Gasteiger partial charge is 0.465 e. The summed E-state index contributed by atoms with van der Waals surface area (Å²) in [6.45, 7) is 4.74. The van der Waals surface area contributed by atoms with Gasteiger partial charge in [-0.15, -0.1) is 0 Å². The van der Waals surface area contributed by atoms with Crippen LogP contribution in [0.2, 0.25) is 0 Å². The van der Waals surface area contributed by atoms with Gasteiger partial charge in [0.25, 0.3) is 0 Å². The second-order valence-electron chi connectivity index (χ2n) is 5.27. The third-order valence-electron chi connectivity index (χ3n) is 2.48. The molecule has 0 aromatic rings. The number of alkyl halides is 1. The van der Waals surface area contributed by atoms with Crippen molar-refractivity contribution in [2.45, 2.75) is 44.9 Å². The van der Waals surface area contributed by atoms with E-state index in [2.05, 4.69) is 0 Å². The maximum atomic E-state index is 14.3. The molecule has 1 rings (SSSR count). The molecule has 1 heterocycles. The molecule has 1 aliphatic heterocycles. The zero-order valence-corrected chi connectivity index (χ0v) is 10.3. The van der Waals surface area contributed by atoms with E-state index in [0.717, 1.165) is 4.90 Å². The smallest absolute Gasteiger partial charge is 0.407 e. The molecule has 17 heavy (non-hydrogen) atoms.